The summed E-state index contributed by atoms with van der Waals surface area (Å²) in [5.41, 5.74) is 0.391. The second-order valence-electron chi connectivity index (χ2n) is 4.93. The highest BCUT2D eigenvalue weighted by Gasteiger charge is 2.37. The van der Waals surface area contributed by atoms with Gasteiger partial charge in [-0.1, -0.05) is 20.8 Å². The lowest BCUT2D eigenvalue weighted by atomic mass is 9.77. The zero-order valence-corrected chi connectivity index (χ0v) is 9.63. The second kappa shape index (κ2) is 3.97. The van der Waals surface area contributed by atoms with E-state index in [1.165, 1.54) is 6.42 Å². The molecule has 1 rings (SSSR count). The van der Waals surface area contributed by atoms with Crippen LogP contribution in [0.2, 0.25) is 0 Å². The normalized spacial score (nSPS) is 33.7. The molecule has 1 fully saturated rings. The Morgan fingerprint density at radius 2 is 2.08 bits per heavy atom. The van der Waals surface area contributed by atoms with Crippen LogP contribution < -0.4 is 0 Å². The molecule has 2 unspecified atom stereocenters. The van der Waals surface area contributed by atoms with Crippen LogP contribution in [-0.2, 0) is 4.74 Å². The molecule has 0 saturated carbocycles. The van der Waals surface area contributed by atoms with E-state index < -0.39 is 0 Å². The molecule has 0 aliphatic carbocycles. The van der Waals surface area contributed by atoms with Gasteiger partial charge in [0, 0.05) is 6.04 Å². The minimum absolute atomic E-state index is 0.391. The molecule has 1 heterocycles. The Balaban J connectivity index is 2.64. The predicted molar refractivity (Wildman–Crippen MR) is 55.9 cm³/mol. The van der Waals surface area contributed by atoms with Gasteiger partial charge in [-0.05, 0) is 32.4 Å². The number of rotatable bonds is 2. The van der Waals surface area contributed by atoms with Crippen molar-refractivity contribution in [2.45, 2.75) is 46.3 Å². The maximum atomic E-state index is 5.71. The summed E-state index contributed by atoms with van der Waals surface area (Å²) in [5, 5.41) is 0. The van der Waals surface area contributed by atoms with Crippen molar-refractivity contribution < 1.29 is 4.74 Å². The standard InChI is InChI=1S/C11H23NO/c1-6-12(5)10-8-13-9(2)7-11(10,3)4/h9-10H,6-8H2,1-5H3. The minimum Gasteiger partial charge on any atom is -0.377 e. The Bertz CT molecular complexity index is 167. The van der Waals surface area contributed by atoms with Gasteiger partial charge in [0.2, 0.25) is 0 Å². The quantitative estimate of drug-likeness (QED) is 0.653. The second-order valence-corrected chi connectivity index (χ2v) is 4.93. The fraction of sp³-hybridized carbons (Fsp3) is 1.00. The van der Waals surface area contributed by atoms with Crippen LogP contribution in [0.5, 0.6) is 0 Å². The lowest BCUT2D eigenvalue weighted by Gasteiger charge is -2.45. The molecule has 78 valence electrons. The maximum absolute atomic E-state index is 5.71. The molecule has 2 atom stereocenters. The summed E-state index contributed by atoms with van der Waals surface area (Å²) in [6.07, 6.45) is 1.60. The van der Waals surface area contributed by atoms with Crippen LogP contribution >= 0.6 is 0 Å². The SMILES string of the molecule is CCN(C)C1COC(C)CC1(C)C. The van der Waals surface area contributed by atoms with Crippen LogP contribution in [0.4, 0.5) is 0 Å². The number of nitrogens with zero attached hydrogens (tertiary/aromatic N) is 1. The molecule has 1 aliphatic heterocycles. The van der Waals surface area contributed by atoms with Crippen molar-refractivity contribution >= 4 is 0 Å². The molecule has 0 aromatic rings. The minimum atomic E-state index is 0.391. The van der Waals surface area contributed by atoms with Gasteiger partial charge >= 0.3 is 0 Å². The van der Waals surface area contributed by atoms with E-state index in [9.17, 15) is 0 Å². The molecular weight excluding hydrogens is 162 g/mol. The third-order valence-corrected chi connectivity index (χ3v) is 3.29. The third-order valence-electron chi connectivity index (χ3n) is 3.29. The van der Waals surface area contributed by atoms with Crippen LogP contribution in [-0.4, -0.2) is 37.2 Å². The summed E-state index contributed by atoms with van der Waals surface area (Å²) < 4.78 is 5.71. The van der Waals surface area contributed by atoms with Crippen LogP contribution in [0.15, 0.2) is 0 Å². The van der Waals surface area contributed by atoms with E-state index in [0.717, 1.165) is 13.2 Å². The number of likely N-dealkylation sites (N-methyl/N-ethyl adjacent to an activating group) is 1. The summed E-state index contributed by atoms with van der Waals surface area (Å²) in [4.78, 5) is 2.39. The molecule has 0 aromatic carbocycles. The molecule has 0 radical (unpaired) electrons. The van der Waals surface area contributed by atoms with E-state index in [1.807, 2.05) is 0 Å². The van der Waals surface area contributed by atoms with Gasteiger partial charge in [0.15, 0.2) is 0 Å². The summed E-state index contributed by atoms with van der Waals surface area (Å²) in [5.74, 6) is 0. The summed E-state index contributed by atoms with van der Waals surface area (Å²) in [7, 11) is 2.19. The lowest BCUT2D eigenvalue weighted by molar-refractivity contribution is -0.0841. The highest BCUT2D eigenvalue weighted by atomic mass is 16.5. The number of ether oxygens (including phenoxy) is 1. The smallest absolute Gasteiger partial charge is 0.0630 e. The first-order valence-corrected chi connectivity index (χ1v) is 5.29. The van der Waals surface area contributed by atoms with E-state index in [2.05, 4.69) is 39.6 Å². The topological polar surface area (TPSA) is 12.5 Å². The van der Waals surface area contributed by atoms with Gasteiger partial charge in [0.25, 0.3) is 0 Å². The molecule has 0 N–H and O–H groups in total. The molecule has 1 aliphatic rings. The van der Waals surface area contributed by atoms with E-state index in [1.54, 1.807) is 0 Å². The van der Waals surface area contributed by atoms with Gasteiger partial charge < -0.3 is 9.64 Å². The average Bonchev–Trinajstić information content (AvgIpc) is 2.01. The molecule has 2 heteroatoms. The Labute approximate surface area is 82.3 Å². The van der Waals surface area contributed by atoms with Gasteiger partial charge in [0.05, 0.1) is 12.7 Å². The summed E-state index contributed by atoms with van der Waals surface area (Å²) in [6.45, 7) is 11.1. The van der Waals surface area contributed by atoms with Crippen molar-refractivity contribution in [3.05, 3.63) is 0 Å². The van der Waals surface area contributed by atoms with Crippen molar-refractivity contribution in [3.8, 4) is 0 Å². The first kappa shape index (κ1) is 11.0. The van der Waals surface area contributed by atoms with Gasteiger partial charge in [-0.2, -0.15) is 0 Å². The number of hydrogen-bond donors (Lipinski definition) is 0. The van der Waals surface area contributed by atoms with E-state index in [4.69, 9.17) is 4.74 Å². The molecule has 0 aromatic heterocycles. The Morgan fingerprint density at radius 1 is 1.46 bits per heavy atom. The number of hydrogen-bond acceptors (Lipinski definition) is 2. The van der Waals surface area contributed by atoms with E-state index >= 15 is 0 Å². The highest BCUT2D eigenvalue weighted by Crippen LogP contribution is 2.34. The Kier molecular flexibility index (Phi) is 3.36. The Morgan fingerprint density at radius 3 is 2.54 bits per heavy atom. The molecule has 13 heavy (non-hydrogen) atoms. The summed E-state index contributed by atoms with van der Waals surface area (Å²) in [6, 6.07) is 0.577. The molecule has 0 amide bonds. The van der Waals surface area contributed by atoms with Crippen molar-refractivity contribution in [1.82, 2.24) is 4.90 Å². The maximum Gasteiger partial charge on any atom is 0.0630 e. The predicted octanol–water partition coefficient (Wildman–Crippen LogP) is 2.14. The van der Waals surface area contributed by atoms with Crippen molar-refractivity contribution in [2.75, 3.05) is 20.2 Å². The monoisotopic (exact) mass is 185 g/mol. The van der Waals surface area contributed by atoms with Crippen LogP contribution in [0.3, 0.4) is 0 Å². The summed E-state index contributed by atoms with van der Waals surface area (Å²) >= 11 is 0. The average molecular weight is 185 g/mol. The first-order valence-electron chi connectivity index (χ1n) is 5.29. The third kappa shape index (κ3) is 2.44. The van der Waals surface area contributed by atoms with Crippen LogP contribution in [0, 0.1) is 5.41 Å². The van der Waals surface area contributed by atoms with Crippen molar-refractivity contribution in [3.63, 3.8) is 0 Å². The zero-order valence-electron chi connectivity index (χ0n) is 9.63. The van der Waals surface area contributed by atoms with E-state index in [0.29, 0.717) is 17.6 Å². The van der Waals surface area contributed by atoms with Crippen molar-refractivity contribution in [1.29, 1.82) is 0 Å². The van der Waals surface area contributed by atoms with Crippen molar-refractivity contribution in [2.24, 2.45) is 5.41 Å². The van der Waals surface area contributed by atoms with Crippen LogP contribution in [0.25, 0.3) is 0 Å². The molecular formula is C11H23NO. The highest BCUT2D eigenvalue weighted by molar-refractivity contribution is 4.89. The Hall–Kier alpha value is -0.0800. The van der Waals surface area contributed by atoms with Gasteiger partial charge in [-0.15, -0.1) is 0 Å². The first-order chi connectivity index (χ1) is 5.97. The van der Waals surface area contributed by atoms with Gasteiger partial charge in [-0.3, -0.25) is 0 Å². The van der Waals surface area contributed by atoms with E-state index in [-0.39, 0.29) is 0 Å². The zero-order chi connectivity index (χ0) is 10.1. The largest absolute Gasteiger partial charge is 0.377 e. The van der Waals surface area contributed by atoms with Gasteiger partial charge in [-0.25, -0.2) is 0 Å². The molecule has 0 bridgehead atoms. The molecule has 0 spiro atoms. The molecule has 2 nitrogen and oxygen atoms in total. The fourth-order valence-electron chi connectivity index (χ4n) is 2.36. The fourth-order valence-corrected chi connectivity index (χ4v) is 2.36. The molecule has 1 saturated heterocycles. The lowest BCUT2D eigenvalue weighted by Crippen LogP contribution is -2.51. The van der Waals surface area contributed by atoms with Crippen LogP contribution in [0.1, 0.15) is 34.1 Å². The van der Waals surface area contributed by atoms with Gasteiger partial charge in [0.1, 0.15) is 0 Å².